The average molecular weight is 413 g/mol. The van der Waals surface area contributed by atoms with E-state index in [2.05, 4.69) is 4.98 Å². The minimum absolute atomic E-state index is 0.0425. The number of benzene rings is 2. The SMILES string of the molecule is CCC(C)N(Cc1csc(COc2ccccc2C)n1)C(=O)c1ccc(F)cc1. The Bertz CT molecular complexity index is 956. The highest BCUT2D eigenvalue weighted by Crippen LogP contribution is 2.21. The van der Waals surface area contributed by atoms with E-state index in [1.165, 1.54) is 35.6 Å². The number of aryl methyl sites for hydroxylation is 1. The zero-order valence-electron chi connectivity index (χ0n) is 16.9. The van der Waals surface area contributed by atoms with Crippen molar-refractivity contribution in [2.45, 2.75) is 46.4 Å². The van der Waals surface area contributed by atoms with Crippen LogP contribution in [0.25, 0.3) is 0 Å². The quantitative estimate of drug-likeness (QED) is 0.483. The fourth-order valence-electron chi connectivity index (χ4n) is 2.93. The van der Waals surface area contributed by atoms with Gasteiger partial charge in [0.15, 0.2) is 0 Å². The van der Waals surface area contributed by atoms with E-state index in [0.717, 1.165) is 28.4 Å². The molecule has 0 saturated carbocycles. The van der Waals surface area contributed by atoms with Gasteiger partial charge in [0, 0.05) is 17.0 Å². The summed E-state index contributed by atoms with van der Waals surface area (Å²) >= 11 is 1.52. The Kier molecular flexibility index (Phi) is 6.99. The fourth-order valence-corrected chi connectivity index (χ4v) is 3.62. The predicted octanol–water partition coefficient (Wildman–Crippen LogP) is 5.61. The van der Waals surface area contributed by atoms with Crippen LogP contribution in [0.1, 0.15) is 46.9 Å². The fraction of sp³-hybridized carbons (Fsp3) is 0.304. The summed E-state index contributed by atoms with van der Waals surface area (Å²) in [6, 6.07) is 13.6. The molecule has 3 rings (SSSR count). The van der Waals surface area contributed by atoms with Gasteiger partial charge in [-0.05, 0) is 56.2 Å². The second-order valence-electron chi connectivity index (χ2n) is 6.98. The van der Waals surface area contributed by atoms with Crippen LogP contribution in [-0.2, 0) is 13.2 Å². The van der Waals surface area contributed by atoms with Gasteiger partial charge in [0.05, 0.1) is 12.2 Å². The second kappa shape index (κ2) is 9.65. The highest BCUT2D eigenvalue weighted by molar-refractivity contribution is 7.09. The Hall–Kier alpha value is -2.73. The molecule has 1 unspecified atom stereocenters. The third kappa shape index (κ3) is 5.41. The van der Waals surface area contributed by atoms with E-state index in [1.54, 1.807) is 4.90 Å². The van der Waals surface area contributed by atoms with Gasteiger partial charge >= 0.3 is 0 Å². The standard InChI is InChI=1S/C23H25FN2O2S/c1-4-17(3)26(23(27)18-9-11-19(24)12-10-18)13-20-15-29-22(25-20)14-28-21-8-6-5-7-16(21)2/h5-12,15,17H,4,13-14H2,1-3H3. The first kappa shape index (κ1) is 21.0. The number of carbonyl (C=O) groups is 1. The monoisotopic (exact) mass is 412 g/mol. The van der Waals surface area contributed by atoms with Crippen molar-refractivity contribution in [3.05, 3.63) is 81.6 Å². The molecular weight excluding hydrogens is 387 g/mol. The van der Waals surface area contributed by atoms with Crippen LogP contribution in [0.4, 0.5) is 4.39 Å². The first-order valence-electron chi connectivity index (χ1n) is 9.66. The molecule has 6 heteroatoms. The molecule has 152 valence electrons. The molecule has 1 heterocycles. The van der Waals surface area contributed by atoms with Gasteiger partial charge in [-0.25, -0.2) is 9.37 Å². The molecule has 1 amide bonds. The first-order valence-corrected chi connectivity index (χ1v) is 10.5. The Morgan fingerprint density at radius 1 is 1.21 bits per heavy atom. The number of hydrogen-bond acceptors (Lipinski definition) is 4. The number of amides is 1. The van der Waals surface area contributed by atoms with Crippen molar-refractivity contribution in [2.24, 2.45) is 0 Å². The van der Waals surface area contributed by atoms with Crippen LogP contribution in [0.5, 0.6) is 5.75 Å². The van der Waals surface area contributed by atoms with Gasteiger partial charge in [0.25, 0.3) is 5.91 Å². The van der Waals surface area contributed by atoms with Crippen molar-refractivity contribution >= 4 is 17.2 Å². The molecule has 0 aliphatic carbocycles. The molecule has 0 saturated heterocycles. The van der Waals surface area contributed by atoms with Crippen LogP contribution < -0.4 is 4.74 Å². The van der Waals surface area contributed by atoms with Crippen molar-refractivity contribution in [3.8, 4) is 5.75 Å². The Morgan fingerprint density at radius 2 is 1.93 bits per heavy atom. The van der Waals surface area contributed by atoms with Crippen LogP contribution in [0.3, 0.4) is 0 Å². The maximum Gasteiger partial charge on any atom is 0.254 e. The minimum Gasteiger partial charge on any atom is -0.486 e. The summed E-state index contributed by atoms with van der Waals surface area (Å²) < 4.78 is 19.1. The maximum absolute atomic E-state index is 13.2. The molecule has 0 N–H and O–H groups in total. The molecule has 0 fully saturated rings. The van der Waals surface area contributed by atoms with Crippen molar-refractivity contribution in [1.29, 1.82) is 0 Å². The topological polar surface area (TPSA) is 42.4 Å². The summed E-state index contributed by atoms with van der Waals surface area (Å²) in [7, 11) is 0. The van der Waals surface area contributed by atoms with Gasteiger partial charge in [-0.15, -0.1) is 11.3 Å². The van der Waals surface area contributed by atoms with Gasteiger partial charge < -0.3 is 9.64 Å². The largest absolute Gasteiger partial charge is 0.486 e. The van der Waals surface area contributed by atoms with E-state index in [0.29, 0.717) is 18.7 Å². The van der Waals surface area contributed by atoms with E-state index >= 15 is 0 Å². The molecule has 0 radical (unpaired) electrons. The smallest absolute Gasteiger partial charge is 0.254 e. The molecule has 0 aliphatic heterocycles. The molecule has 0 aliphatic rings. The summed E-state index contributed by atoms with van der Waals surface area (Å²) in [6.45, 7) is 6.86. The highest BCUT2D eigenvalue weighted by Gasteiger charge is 2.22. The van der Waals surface area contributed by atoms with Gasteiger partial charge in [-0.3, -0.25) is 4.79 Å². The van der Waals surface area contributed by atoms with E-state index in [9.17, 15) is 9.18 Å². The van der Waals surface area contributed by atoms with E-state index in [1.807, 2.05) is 50.4 Å². The molecule has 1 aromatic heterocycles. The number of para-hydroxylation sites is 1. The zero-order valence-corrected chi connectivity index (χ0v) is 17.7. The molecule has 29 heavy (non-hydrogen) atoms. The number of thiazole rings is 1. The average Bonchev–Trinajstić information content (AvgIpc) is 3.18. The van der Waals surface area contributed by atoms with Gasteiger partial charge in [0.2, 0.25) is 0 Å². The predicted molar refractivity (Wildman–Crippen MR) is 114 cm³/mol. The third-order valence-corrected chi connectivity index (χ3v) is 5.72. The third-order valence-electron chi connectivity index (χ3n) is 4.85. The van der Waals surface area contributed by atoms with E-state index in [-0.39, 0.29) is 17.8 Å². The summed E-state index contributed by atoms with van der Waals surface area (Å²) in [5, 5.41) is 2.82. The van der Waals surface area contributed by atoms with Crippen molar-refractivity contribution in [3.63, 3.8) is 0 Å². The molecular formula is C23H25FN2O2S. The molecule has 4 nitrogen and oxygen atoms in total. The lowest BCUT2D eigenvalue weighted by Crippen LogP contribution is -2.37. The van der Waals surface area contributed by atoms with Gasteiger partial charge in [-0.2, -0.15) is 0 Å². The molecule has 0 spiro atoms. The summed E-state index contributed by atoms with van der Waals surface area (Å²) in [4.78, 5) is 19.4. The van der Waals surface area contributed by atoms with Crippen LogP contribution in [0.2, 0.25) is 0 Å². The number of rotatable bonds is 8. The van der Waals surface area contributed by atoms with Crippen molar-refractivity contribution < 1.29 is 13.9 Å². The number of carbonyl (C=O) groups excluding carboxylic acids is 1. The number of aromatic nitrogens is 1. The molecule has 0 bridgehead atoms. The van der Waals surface area contributed by atoms with Crippen LogP contribution in [0, 0.1) is 12.7 Å². The number of hydrogen-bond donors (Lipinski definition) is 0. The van der Waals surface area contributed by atoms with E-state index in [4.69, 9.17) is 4.74 Å². The van der Waals surface area contributed by atoms with Gasteiger partial charge in [0.1, 0.15) is 23.2 Å². The van der Waals surface area contributed by atoms with Crippen LogP contribution >= 0.6 is 11.3 Å². The lowest BCUT2D eigenvalue weighted by atomic mass is 10.1. The van der Waals surface area contributed by atoms with E-state index < -0.39 is 0 Å². The first-order chi connectivity index (χ1) is 14.0. The lowest BCUT2D eigenvalue weighted by molar-refractivity contribution is 0.0669. The van der Waals surface area contributed by atoms with Crippen LogP contribution in [-0.4, -0.2) is 21.8 Å². The van der Waals surface area contributed by atoms with Crippen molar-refractivity contribution in [2.75, 3.05) is 0 Å². The summed E-state index contributed by atoms with van der Waals surface area (Å²) in [6.07, 6.45) is 0.820. The highest BCUT2D eigenvalue weighted by atomic mass is 32.1. The molecule has 1 atom stereocenters. The Morgan fingerprint density at radius 3 is 2.62 bits per heavy atom. The molecule has 2 aromatic carbocycles. The number of nitrogens with zero attached hydrogens (tertiary/aromatic N) is 2. The summed E-state index contributed by atoms with van der Waals surface area (Å²) in [5.41, 5.74) is 2.39. The van der Waals surface area contributed by atoms with Crippen LogP contribution in [0.15, 0.2) is 53.9 Å². The van der Waals surface area contributed by atoms with Gasteiger partial charge in [-0.1, -0.05) is 25.1 Å². The Labute approximate surface area is 175 Å². The second-order valence-corrected chi connectivity index (χ2v) is 7.93. The molecule has 3 aromatic rings. The zero-order chi connectivity index (χ0) is 20.8. The number of ether oxygens (including phenoxy) is 1. The maximum atomic E-state index is 13.2. The van der Waals surface area contributed by atoms with Crippen molar-refractivity contribution in [1.82, 2.24) is 9.88 Å². The lowest BCUT2D eigenvalue weighted by Gasteiger charge is -2.28. The summed E-state index contributed by atoms with van der Waals surface area (Å²) in [5.74, 6) is 0.372. The Balaban J connectivity index is 1.69. The number of halogens is 1. The normalized spacial score (nSPS) is 11.9. The minimum atomic E-state index is -0.352.